The molecule has 21 heavy (non-hydrogen) atoms. The van der Waals surface area contributed by atoms with Gasteiger partial charge in [-0.2, -0.15) is 13.2 Å². The average molecular weight is 305 g/mol. The van der Waals surface area contributed by atoms with Gasteiger partial charge in [-0.3, -0.25) is 4.90 Å². The van der Waals surface area contributed by atoms with Crippen molar-refractivity contribution in [2.75, 3.05) is 13.2 Å². The van der Waals surface area contributed by atoms with Gasteiger partial charge in [0.1, 0.15) is 5.82 Å². The first-order valence-electron chi connectivity index (χ1n) is 6.95. The zero-order chi connectivity index (χ0) is 15.3. The van der Waals surface area contributed by atoms with Crippen LogP contribution in [0.4, 0.5) is 13.2 Å². The van der Waals surface area contributed by atoms with Crippen LogP contribution in [0.3, 0.4) is 0 Å². The molecular formula is C12H18F3N5O. The second kappa shape index (κ2) is 4.92. The summed E-state index contributed by atoms with van der Waals surface area (Å²) >= 11 is 0. The molecule has 0 radical (unpaired) electrons. The van der Waals surface area contributed by atoms with E-state index in [0.29, 0.717) is 25.3 Å². The fraction of sp³-hybridized carbons (Fsp3) is 0.833. The lowest BCUT2D eigenvalue weighted by Crippen LogP contribution is -2.45. The minimum Gasteiger partial charge on any atom is -0.394 e. The molecule has 0 saturated heterocycles. The molecule has 0 aromatic carbocycles. The number of nitrogens with zero attached hydrogens (tertiary/aromatic N) is 4. The molecule has 118 valence electrons. The molecule has 1 aromatic heterocycles. The predicted octanol–water partition coefficient (Wildman–Crippen LogP) is 0.355. The van der Waals surface area contributed by atoms with Crippen molar-refractivity contribution >= 4 is 0 Å². The molecule has 2 heterocycles. The molecule has 0 bridgehead atoms. The third-order valence-corrected chi connectivity index (χ3v) is 4.49. The van der Waals surface area contributed by atoms with Crippen LogP contribution in [0.25, 0.3) is 0 Å². The Bertz CT molecular complexity index is 531. The van der Waals surface area contributed by atoms with Crippen LogP contribution in [0, 0.1) is 0 Å². The fourth-order valence-corrected chi connectivity index (χ4v) is 3.28. The van der Waals surface area contributed by atoms with E-state index in [1.807, 2.05) is 0 Å². The Morgan fingerprint density at radius 1 is 1.33 bits per heavy atom. The second-order valence-corrected chi connectivity index (χ2v) is 5.98. The Labute approximate surface area is 119 Å². The number of nitrogens with two attached hydrogens (primary N) is 1. The van der Waals surface area contributed by atoms with E-state index in [4.69, 9.17) is 5.73 Å². The molecular weight excluding hydrogens is 287 g/mol. The van der Waals surface area contributed by atoms with Gasteiger partial charge in [-0.15, -0.1) is 10.2 Å². The van der Waals surface area contributed by atoms with Crippen LogP contribution < -0.4 is 5.73 Å². The highest BCUT2D eigenvalue weighted by molar-refractivity contribution is 5.04. The van der Waals surface area contributed by atoms with Gasteiger partial charge in [-0.05, 0) is 19.3 Å². The highest BCUT2D eigenvalue weighted by Crippen LogP contribution is 2.34. The third-order valence-electron chi connectivity index (χ3n) is 4.49. The Morgan fingerprint density at radius 2 is 2.10 bits per heavy atom. The zero-order valence-corrected chi connectivity index (χ0v) is 11.5. The van der Waals surface area contributed by atoms with Gasteiger partial charge in [0.25, 0.3) is 0 Å². The van der Waals surface area contributed by atoms with Crippen LogP contribution in [0.5, 0.6) is 0 Å². The molecule has 3 rings (SSSR count). The van der Waals surface area contributed by atoms with E-state index in [1.54, 1.807) is 0 Å². The number of fused-ring (bicyclic) bond motifs is 1. The summed E-state index contributed by atoms with van der Waals surface area (Å²) < 4.78 is 39.5. The number of halogens is 3. The van der Waals surface area contributed by atoms with Crippen molar-refractivity contribution in [2.45, 2.75) is 50.1 Å². The van der Waals surface area contributed by atoms with Crippen LogP contribution in [-0.4, -0.2) is 49.5 Å². The molecule has 2 unspecified atom stereocenters. The summed E-state index contributed by atoms with van der Waals surface area (Å²) in [6.45, 7) is 1.02. The van der Waals surface area contributed by atoms with Gasteiger partial charge in [-0.1, -0.05) is 0 Å². The first-order chi connectivity index (χ1) is 9.82. The molecule has 2 atom stereocenters. The van der Waals surface area contributed by atoms with Crippen molar-refractivity contribution in [3.8, 4) is 0 Å². The van der Waals surface area contributed by atoms with E-state index in [1.165, 1.54) is 0 Å². The third kappa shape index (κ3) is 2.65. The Kier molecular flexibility index (Phi) is 3.45. The van der Waals surface area contributed by atoms with Crippen LogP contribution >= 0.6 is 0 Å². The monoisotopic (exact) mass is 305 g/mol. The van der Waals surface area contributed by atoms with Crippen LogP contribution in [0.15, 0.2) is 0 Å². The smallest absolute Gasteiger partial charge is 0.394 e. The van der Waals surface area contributed by atoms with Gasteiger partial charge in [-0.25, -0.2) is 0 Å². The summed E-state index contributed by atoms with van der Waals surface area (Å²) in [4.78, 5) is 2.09. The van der Waals surface area contributed by atoms with Crippen LogP contribution in [0.1, 0.15) is 30.9 Å². The predicted molar refractivity (Wildman–Crippen MR) is 67.1 cm³/mol. The molecule has 2 aliphatic rings. The normalized spacial score (nSPS) is 30.6. The molecule has 1 fully saturated rings. The second-order valence-electron chi connectivity index (χ2n) is 5.98. The van der Waals surface area contributed by atoms with Crippen molar-refractivity contribution in [3.05, 3.63) is 11.6 Å². The van der Waals surface area contributed by atoms with Gasteiger partial charge in [0.2, 0.25) is 5.82 Å². The number of rotatable bonds is 2. The average Bonchev–Trinajstić information content (AvgIpc) is 3.01. The first-order valence-corrected chi connectivity index (χ1v) is 6.95. The quantitative estimate of drug-likeness (QED) is 0.824. The molecule has 0 amide bonds. The van der Waals surface area contributed by atoms with E-state index in [0.717, 1.165) is 17.4 Å². The molecule has 1 aliphatic carbocycles. The van der Waals surface area contributed by atoms with E-state index in [9.17, 15) is 18.3 Å². The lowest BCUT2D eigenvalue weighted by Gasteiger charge is -2.33. The number of aliphatic hydroxyl groups excluding tert-OH is 1. The minimum absolute atomic E-state index is 0.0637. The summed E-state index contributed by atoms with van der Waals surface area (Å²) in [5.41, 5.74) is 5.49. The van der Waals surface area contributed by atoms with Gasteiger partial charge in [0.15, 0.2) is 0 Å². The largest absolute Gasteiger partial charge is 0.451 e. The number of aliphatic hydroxyl groups is 1. The molecule has 1 aliphatic heterocycles. The number of aromatic nitrogens is 3. The van der Waals surface area contributed by atoms with Crippen molar-refractivity contribution in [3.63, 3.8) is 0 Å². The van der Waals surface area contributed by atoms with E-state index >= 15 is 0 Å². The molecule has 6 nitrogen and oxygen atoms in total. The number of hydrogen-bond acceptors (Lipinski definition) is 5. The molecule has 0 spiro atoms. The van der Waals surface area contributed by atoms with Gasteiger partial charge < -0.3 is 15.4 Å². The highest BCUT2D eigenvalue weighted by atomic mass is 19.4. The number of alkyl halides is 3. The van der Waals surface area contributed by atoms with E-state index in [2.05, 4.69) is 15.1 Å². The number of hydrogen-bond donors (Lipinski definition) is 2. The summed E-state index contributed by atoms with van der Waals surface area (Å²) in [5.74, 6) is -0.584. The lowest BCUT2D eigenvalue weighted by atomic mass is 10.0. The van der Waals surface area contributed by atoms with Gasteiger partial charge in [0, 0.05) is 24.7 Å². The zero-order valence-electron chi connectivity index (χ0n) is 11.5. The summed E-state index contributed by atoms with van der Waals surface area (Å²) in [6.07, 6.45) is -2.24. The Hall–Kier alpha value is -1.19. The molecule has 1 aromatic rings. The molecule has 3 N–H and O–H groups in total. The van der Waals surface area contributed by atoms with Crippen LogP contribution in [0.2, 0.25) is 0 Å². The molecule has 1 saturated carbocycles. The highest BCUT2D eigenvalue weighted by Gasteiger charge is 2.42. The maximum atomic E-state index is 12.8. The summed E-state index contributed by atoms with van der Waals surface area (Å²) in [7, 11) is 0. The minimum atomic E-state index is -4.47. The van der Waals surface area contributed by atoms with Crippen molar-refractivity contribution in [1.82, 2.24) is 19.7 Å². The van der Waals surface area contributed by atoms with E-state index in [-0.39, 0.29) is 19.2 Å². The summed E-state index contributed by atoms with van der Waals surface area (Å²) in [6, 6.07) is 0.182. The Balaban J connectivity index is 1.73. The molecule has 9 heteroatoms. The van der Waals surface area contributed by atoms with Crippen molar-refractivity contribution in [2.24, 2.45) is 5.73 Å². The van der Waals surface area contributed by atoms with Crippen molar-refractivity contribution < 1.29 is 18.3 Å². The van der Waals surface area contributed by atoms with Gasteiger partial charge >= 0.3 is 6.18 Å². The van der Waals surface area contributed by atoms with Gasteiger partial charge in [0.05, 0.1) is 13.2 Å². The maximum Gasteiger partial charge on any atom is 0.451 e. The first kappa shape index (κ1) is 14.7. The van der Waals surface area contributed by atoms with Crippen LogP contribution in [-0.2, 0) is 19.3 Å². The van der Waals surface area contributed by atoms with Crippen molar-refractivity contribution in [1.29, 1.82) is 0 Å². The standard InChI is InChI=1S/C12H18F3N5O/c13-12(14,15)10-18-17-9-6-19(3-4-20(9)10)8-1-2-11(16,5-8)7-21/h8,21H,1-7,16H2. The topological polar surface area (TPSA) is 80.2 Å². The summed E-state index contributed by atoms with van der Waals surface area (Å²) in [5, 5.41) is 16.2. The maximum absolute atomic E-state index is 12.8. The fourth-order valence-electron chi connectivity index (χ4n) is 3.28. The lowest BCUT2D eigenvalue weighted by molar-refractivity contribution is -0.148. The SMILES string of the molecule is NC1(CO)CCC(N2CCn3c(nnc3C(F)(F)F)C2)C1. The Morgan fingerprint density at radius 3 is 2.71 bits per heavy atom. The van der Waals surface area contributed by atoms with E-state index < -0.39 is 17.5 Å².